The predicted octanol–water partition coefficient (Wildman–Crippen LogP) is 9.49. The molecule has 0 radical (unpaired) electrons. The predicted molar refractivity (Wildman–Crippen MR) is 185 cm³/mol. The minimum Gasteiger partial charge on any atom is -0.507 e. The van der Waals surface area contributed by atoms with E-state index in [1.54, 1.807) is 0 Å². The summed E-state index contributed by atoms with van der Waals surface area (Å²) in [4.78, 5) is 9.81. The molecule has 0 atom stereocenters. The van der Waals surface area contributed by atoms with Crippen molar-refractivity contribution in [1.82, 2.24) is 30.4 Å². The van der Waals surface area contributed by atoms with Gasteiger partial charge in [-0.3, -0.25) is 10.2 Å². The summed E-state index contributed by atoms with van der Waals surface area (Å²) in [6.45, 7) is 26.0. The molecule has 7 heteroatoms. The van der Waals surface area contributed by atoms with Crippen molar-refractivity contribution in [3.63, 3.8) is 0 Å². The third-order valence-corrected chi connectivity index (χ3v) is 8.29. The van der Waals surface area contributed by atoms with E-state index in [1.807, 2.05) is 36.4 Å². The van der Waals surface area contributed by atoms with Crippen LogP contribution in [0.4, 0.5) is 0 Å². The van der Waals surface area contributed by atoms with Crippen LogP contribution in [0, 0.1) is 0 Å². The molecule has 45 heavy (non-hydrogen) atoms. The minimum atomic E-state index is -0.244. The summed E-state index contributed by atoms with van der Waals surface area (Å²) in [5, 5.41) is 26.7. The monoisotopic (exact) mass is 604 g/mol. The molecule has 236 valence electrons. The Kier molecular flexibility index (Phi) is 7.83. The molecular weight excluding hydrogens is 556 g/mol. The van der Waals surface area contributed by atoms with Gasteiger partial charge in [0.2, 0.25) is 0 Å². The van der Waals surface area contributed by atoms with Gasteiger partial charge in [0.25, 0.3) is 0 Å². The van der Waals surface area contributed by atoms with Crippen LogP contribution in [0.1, 0.15) is 105 Å². The number of nitrogens with zero attached hydrogens (tertiary/aromatic N) is 4. The first kappa shape index (κ1) is 32.1. The lowest BCUT2D eigenvalue weighted by Gasteiger charge is -2.27. The molecule has 0 unspecified atom stereocenters. The van der Waals surface area contributed by atoms with Crippen molar-refractivity contribution in [3.05, 3.63) is 76.9 Å². The van der Waals surface area contributed by atoms with Crippen LogP contribution in [-0.2, 0) is 21.7 Å². The van der Waals surface area contributed by atoms with Gasteiger partial charge in [-0.1, -0.05) is 107 Å². The lowest BCUT2D eigenvalue weighted by Crippen LogP contribution is -2.17. The summed E-state index contributed by atoms with van der Waals surface area (Å²) in [6, 6.07) is 18.8. The zero-order valence-electron chi connectivity index (χ0n) is 28.9. The second-order valence-electron chi connectivity index (χ2n) is 16.3. The largest absolute Gasteiger partial charge is 0.507 e. The molecule has 5 rings (SSSR count). The number of hydrogen-bond acceptors (Lipinski definition) is 5. The van der Waals surface area contributed by atoms with E-state index in [4.69, 9.17) is 9.97 Å². The van der Waals surface area contributed by atoms with Gasteiger partial charge in [-0.05, 0) is 63.1 Å². The molecule has 0 spiro atoms. The maximum Gasteiger partial charge on any atom is 0.181 e. The molecule has 5 aromatic rings. The molecule has 2 aromatic heterocycles. The lowest BCUT2D eigenvalue weighted by atomic mass is 9.78. The summed E-state index contributed by atoms with van der Waals surface area (Å²) in [7, 11) is 0. The zero-order valence-corrected chi connectivity index (χ0v) is 28.9. The Morgan fingerprint density at radius 1 is 0.489 bits per heavy atom. The number of hydrogen-bond donors (Lipinski definition) is 3. The summed E-state index contributed by atoms with van der Waals surface area (Å²) in [5.41, 5.74) is 7.46. The number of benzene rings is 3. The fourth-order valence-corrected chi connectivity index (χ4v) is 5.38. The number of rotatable bonds is 4. The van der Waals surface area contributed by atoms with Gasteiger partial charge < -0.3 is 5.11 Å². The first-order valence-corrected chi connectivity index (χ1v) is 15.7. The fraction of sp³-hybridized carbons (Fsp3) is 0.421. The Balaban J connectivity index is 1.50. The first-order valence-electron chi connectivity index (χ1n) is 15.7. The van der Waals surface area contributed by atoms with Gasteiger partial charge in [-0.25, -0.2) is 9.97 Å². The molecule has 3 N–H and O–H groups in total. The standard InChI is InChI=1S/C38H48N6O/c1-35(2,3)26-17-24(18-27(21-26)36(4,5)6)33-39-31(41-43-33)22-14-13-15-23(16-22)32-40-34(44-42-32)25-19-28(37(7,8)9)30(45)29(20-25)38(10,11)12/h13-21,45H,1-12H3,(H,39,41,43)(H,40,42,44). The van der Waals surface area contributed by atoms with Gasteiger partial charge in [-0.2, -0.15) is 10.2 Å². The highest BCUT2D eigenvalue weighted by molar-refractivity contribution is 5.70. The Labute approximate surface area is 268 Å². The third kappa shape index (κ3) is 6.73. The van der Waals surface area contributed by atoms with E-state index >= 15 is 0 Å². The van der Waals surface area contributed by atoms with E-state index in [9.17, 15) is 5.11 Å². The summed E-state index contributed by atoms with van der Waals surface area (Å²) >= 11 is 0. The van der Waals surface area contributed by atoms with Crippen molar-refractivity contribution in [3.8, 4) is 51.3 Å². The van der Waals surface area contributed by atoms with Gasteiger partial charge in [0.05, 0.1) is 0 Å². The topological polar surface area (TPSA) is 103 Å². The maximum absolute atomic E-state index is 11.2. The van der Waals surface area contributed by atoms with Crippen LogP contribution in [0.15, 0.2) is 54.6 Å². The molecule has 0 aliphatic heterocycles. The quantitative estimate of drug-likeness (QED) is 0.190. The van der Waals surface area contributed by atoms with Gasteiger partial charge in [0, 0.05) is 33.4 Å². The van der Waals surface area contributed by atoms with E-state index in [2.05, 4.69) is 122 Å². The van der Waals surface area contributed by atoms with Crippen molar-refractivity contribution >= 4 is 0 Å². The summed E-state index contributed by atoms with van der Waals surface area (Å²) in [5.74, 6) is 2.94. The highest BCUT2D eigenvalue weighted by atomic mass is 16.3. The number of aromatic hydroxyl groups is 1. The van der Waals surface area contributed by atoms with Gasteiger partial charge in [-0.15, -0.1) is 0 Å². The fourth-order valence-electron chi connectivity index (χ4n) is 5.38. The molecule has 2 heterocycles. The van der Waals surface area contributed by atoms with Crippen molar-refractivity contribution < 1.29 is 5.11 Å². The molecule has 0 amide bonds. The van der Waals surface area contributed by atoms with Crippen LogP contribution in [-0.4, -0.2) is 35.5 Å². The Bertz CT molecular complexity index is 1780. The van der Waals surface area contributed by atoms with E-state index < -0.39 is 0 Å². The van der Waals surface area contributed by atoms with Gasteiger partial charge >= 0.3 is 0 Å². The number of phenols is 1. The molecule has 0 saturated carbocycles. The number of H-pyrrole nitrogens is 2. The Morgan fingerprint density at radius 3 is 1.27 bits per heavy atom. The van der Waals surface area contributed by atoms with Crippen LogP contribution in [0.2, 0.25) is 0 Å². The Morgan fingerprint density at radius 2 is 0.889 bits per heavy atom. The second kappa shape index (κ2) is 11.0. The van der Waals surface area contributed by atoms with Crippen LogP contribution in [0.5, 0.6) is 5.75 Å². The molecule has 0 aliphatic rings. The van der Waals surface area contributed by atoms with Crippen LogP contribution in [0.3, 0.4) is 0 Å². The van der Waals surface area contributed by atoms with Crippen LogP contribution < -0.4 is 0 Å². The molecule has 3 aromatic carbocycles. The van der Waals surface area contributed by atoms with Crippen molar-refractivity contribution in [2.75, 3.05) is 0 Å². The molecule has 0 fully saturated rings. The summed E-state index contributed by atoms with van der Waals surface area (Å²) < 4.78 is 0. The van der Waals surface area contributed by atoms with Crippen LogP contribution >= 0.6 is 0 Å². The summed E-state index contributed by atoms with van der Waals surface area (Å²) in [6.07, 6.45) is 0. The van der Waals surface area contributed by atoms with E-state index in [-0.39, 0.29) is 21.7 Å². The molecule has 0 saturated heterocycles. The minimum absolute atomic E-state index is 0.00215. The van der Waals surface area contributed by atoms with Gasteiger partial charge in [0.1, 0.15) is 5.75 Å². The van der Waals surface area contributed by atoms with E-state index in [0.29, 0.717) is 29.0 Å². The Hall–Kier alpha value is -4.26. The highest BCUT2D eigenvalue weighted by Gasteiger charge is 2.28. The van der Waals surface area contributed by atoms with Crippen molar-refractivity contribution in [1.29, 1.82) is 0 Å². The molecule has 7 nitrogen and oxygen atoms in total. The zero-order chi connectivity index (χ0) is 33.1. The molecular formula is C38H48N6O. The highest BCUT2D eigenvalue weighted by Crippen LogP contribution is 2.42. The SMILES string of the molecule is CC(C)(C)c1cc(-c2n[nH]c(-c3cccc(-c4nc(-c5cc(C(C)(C)C)c(O)c(C(C)(C)C)c5)n[nH]4)c3)n2)cc(C(C)(C)C)c1. The second-order valence-corrected chi connectivity index (χ2v) is 16.3. The van der Waals surface area contributed by atoms with E-state index in [0.717, 1.165) is 33.4 Å². The molecule has 0 aliphatic carbocycles. The maximum atomic E-state index is 11.2. The number of phenolic OH excluding ortho intramolecular Hbond substituents is 1. The number of aromatic amines is 2. The van der Waals surface area contributed by atoms with Crippen molar-refractivity contribution in [2.24, 2.45) is 0 Å². The van der Waals surface area contributed by atoms with Crippen LogP contribution in [0.25, 0.3) is 45.6 Å². The third-order valence-electron chi connectivity index (χ3n) is 8.29. The first-order chi connectivity index (χ1) is 20.7. The lowest BCUT2D eigenvalue weighted by molar-refractivity contribution is 0.423. The smallest absolute Gasteiger partial charge is 0.181 e. The average molecular weight is 605 g/mol. The normalized spacial score (nSPS) is 13.0. The molecule has 0 bridgehead atoms. The average Bonchev–Trinajstić information content (AvgIpc) is 3.62. The number of nitrogens with one attached hydrogen (secondary N) is 2. The van der Waals surface area contributed by atoms with Crippen molar-refractivity contribution in [2.45, 2.75) is 105 Å². The van der Waals surface area contributed by atoms with Gasteiger partial charge in [0.15, 0.2) is 23.3 Å². The van der Waals surface area contributed by atoms with E-state index in [1.165, 1.54) is 11.1 Å². The number of aromatic nitrogens is 6.